The SMILES string of the molecule is CC(Nc1ncnc(N)c1N)c1nc2ccc(F)cc2c(C(=O)N2CC[C@H](O)C2)c1-c1ccccc1. The molecule has 4 aromatic rings. The molecule has 3 heterocycles. The molecule has 1 amide bonds. The van der Waals surface area contributed by atoms with Gasteiger partial charge in [0.05, 0.1) is 28.9 Å². The summed E-state index contributed by atoms with van der Waals surface area (Å²) in [5.41, 5.74) is 14.8. The number of carbonyl (C=O) groups excluding carboxylic acids is 1. The number of anilines is 3. The van der Waals surface area contributed by atoms with Gasteiger partial charge in [-0.05, 0) is 37.1 Å². The fourth-order valence-corrected chi connectivity index (χ4v) is 4.57. The van der Waals surface area contributed by atoms with E-state index in [0.717, 1.165) is 5.56 Å². The summed E-state index contributed by atoms with van der Waals surface area (Å²) in [5, 5.41) is 13.7. The smallest absolute Gasteiger partial charge is 0.255 e. The van der Waals surface area contributed by atoms with Crippen LogP contribution in [-0.2, 0) is 0 Å². The first-order valence-corrected chi connectivity index (χ1v) is 11.6. The largest absolute Gasteiger partial charge is 0.393 e. The number of aliphatic hydroxyl groups excluding tert-OH is 1. The number of hydrogen-bond donors (Lipinski definition) is 4. The summed E-state index contributed by atoms with van der Waals surface area (Å²) in [6.45, 7) is 2.50. The quantitative estimate of drug-likeness (QED) is 0.335. The number of hydrogen-bond acceptors (Lipinski definition) is 8. The van der Waals surface area contributed by atoms with Gasteiger partial charge in [-0.2, -0.15) is 0 Å². The van der Waals surface area contributed by atoms with Gasteiger partial charge in [-0.25, -0.2) is 19.3 Å². The summed E-state index contributed by atoms with van der Waals surface area (Å²) >= 11 is 0. The Morgan fingerprint density at radius 1 is 1.19 bits per heavy atom. The first-order valence-electron chi connectivity index (χ1n) is 11.6. The number of halogens is 1. The standard InChI is InChI=1S/C26H26FN7O2/c1-14(32-25-22(28)24(29)30-13-31-25)23-20(15-5-3-2-4-6-15)21(26(36)34-10-9-17(35)12-34)18-11-16(27)7-8-19(18)33-23/h2-8,11,13-14,17,35H,9-10,12,28H2,1H3,(H3,29,30,31,32)/t14?,17-/m0/s1. The summed E-state index contributed by atoms with van der Waals surface area (Å²) in [5.74, 6) is -0.274. The molecule has 9 nitrogen and oxygen atoms in total. The molecule has 36 heavy (non-hydrogen) atoms. The van der Waals surface area contributed by atoms with Crippen molar-refractivity contribution in [2.75, 3.05) is 29.9 Å². The molecule has 10 heteroatoms. The van der Waals surface area contributed by atoms with Crippen molar-refractivity contribution in [3.8, 4) is 11.1 Å². The molecule has 6 N–H and O–H groups in total. The topological polar surface area (TPSA) is 143 Å². The summed E-state index contributed by atoms with van der Waals surface area (Å²) in [4.78, 5) is 28.5. The van der Waals surface area contributed by atoms with Gasteiger partial charge in [0, 0.05) is 24.0 Å². The third-order valence-electron chi connectivity index (χ3n) is 6.38. The van der Waals surface area contributed by atoms with Crippen LogP contribution in [0.5, 0.6) is 0 Å². The summed E-state index contributed by atoms with van der Waals surface area (Å²) in [6.07, 6.45) is 1.21. The lowest BCUT2D eigenvalue weighted by atomic mass is 9.91. The number of nitrogens with zero attached hydrogens (tertiary/aromatic N) is 4. The van der Waals surface area contributed by atoms with E-state index in [1.54, 1.807) is 11.0 Å². The molecule has 1 aliphatic rings. The molecule has 0 radical (unpaired) electrons. The van der Waals surface area contributed by atoms with Crippen LogP contribution in [0.15, 0.2) is 54.9 Å². The average molecular weight is 488 g/mol. The number of fused-ring (bicyclic) bond motifs is 1. The molecule has 0 bridgehead atoms. The minimum Gasteiger partial charge on any atom is -0.393 e. The number of likely N-dealkylation sites (tertiary alicyclic amines) is 1. The van der Waals surface area contributed by atoms with Crippen LogP contribution < -0.4 is 16.8 Å². The summed E-state index contributed by atoms with van der Waals surface area (Å²) in [7, 11) is 0. The average Bonchev–Trinajstić information content (AvgIpc) is 3.32. The van der Waals surface area contributed by atoms with E-state index in [9.17, 15) is 14.3 Å². The Labute approximate surface area is 207 Å². The molecule has 2 aromatic carbocycles. The lowest BCUT2D eigenvalue weighted by Gasteiger charge is -2.25. The Morgan fingerprint density at radius 2 is 1.97 bits per heavy atom. The van der Waals surface area contributed by atoms with E-state index in [4.69, 9.17) is 16.5 Å². The van der Waals surface area contributed by atoms with Crippen molar-refractivity contribution in [1.82, 2.24) is 19.9 Å². The number of nitrogens with one attached hydrogen (secondary N) is 1. The Bertz CT molecular complexity index is 1450. The van der Waals surface area contributed by atoms with Crippen LogP contribution in [0.4, 0.5) is 21.7 Å². The van der Waals surface area contributed by atoms with Gasteiger partial charge in [-0.15, -0.1) is 0 Å². The van der Waals surface area contributed by atoms with Gasteiger partial charge >= 0.3 is 0 Å². The lowest BCUT2D eigenvalue weighted by Crippen LogP contribution is -2.31. The third kappa shape index (κ3) is 4.27. The lowest BCUT2D eigenvalue weighted by molar-refractivity contribution is 0.0767. The van der Waals surface area contributed by atoms with Gasteiger partial charge in [0.15, 0.2) is 11.6 Å². The van der Waals surface area contributed by atoms with E-state index < -0.39 is 18.0 Å². The minimum absolute atomic E-state index is 0.147. The highest BCUT2D eigenvalue weighted by molar-refractivity contribution is 6.12. The molecular formula is C26H26FN7O2. The fraction of sp³-hybridized carbons (Fsp3) is 0.231. The van der Waals surface area contributed by atoms with E-state index in [1.807, 2.05) is 37.3 Å². The Kier molecular flexibility index (Phi) is 6.11. The molecule has 2 atom stereocenters. The predicted molar refractivity (Wildman–Crippen MR) is 137 cm³/mol. The maximum Gasteiger partial charge on any atom is 0.255 e. The maximum absolute atomic E-state index is 14.4. The van der Waals surface area contributed by atoms with Gasteiger partial charge in [0.1, 0.15) is 17.8 Å². The monoisotopic (exact) mass is 487 g/mol. The zero-order valence-electron chi connectivity index (χ0n) is 19.6. The zero-order valence-corrected chi connectivity index (χ0v) is 19.6. The van der Waals surface area contributed by atoms with E-state index >= 15 is 0 Å². The van der Waals surface area contributed by atoms with E-state index in [1.165, 1.54) is 18.5 Å². The summed E-state index contributed by atoms with van der Waals surface area (Å²) < 4.78 is 14.4. The van der Waals surface area contributed by atoms with E-state index in [-0.39, 0.29) is 24.0 Å². The van der Waals surface area contributed by atoms with Crippen LogP contribution in [0.3, 0.4) is 0 Å². The number of amides is 1. The van der Waals surface area contributed by atoms with Gasteiger partial charge in [0.2, 0.25) is 0 Å². The highest BCUT2D eigenvalue weighted by Gasteiger charge is 2.31. The number of aliphatic hydroxyl groups is 1. The second-order valence-corrected chi connectivity index (χ2v) is 8.86. The predicted octanol–water partition coefficient (Wildman–Crippen LogP) is 3.38. The van der Waals surface area contributed by atoms with Gasteiger partial charge < -0.3 is 26.8 Å². The molecule has 184 valence electrons. The van der Waals surface area contributed by atoms with Crippen molar-refractivity contribution in [2.24, 2.45) is 0 Å². The molecular weight excluding hydrogens is 461 g/mol. The number of nitrogens with two attached hydrogens (primary N) is 2. The summed E-state index contributed by atoms with van der Waals surface area (Å²) in [6, 6.07) is 13.1. The minimum atomic E-state index is -0.592. The van der Waals surface area contributed by atoms with Crippen molar-refractivity contribution in [1.29, 1.82) is 0 Å². The molecule has 1 fully saturated rings. The number of carbonyl (C=O) groups is 1. The van der Waals surface area contributed by atoms with Crippen molar-refractivity contribution >= 4 is 34.1 Å². The zero-order chi connectivity index (χ0) is 25.4. The molecule has 2 aromatic heterocycles. The van der Waals surface area contributed by atoms with Crippen LogP contribution in [0.25, 0.3) is 22.0 Å². The van der Waals surface area contributed by atoms with Crippen LogP contribution in [-0.4, -0.2) is 50.1 Å². The molecule has 1 saturated heterocycles. The van der Waals surface area contributed by atoms with E-state index in [0.29, 0.717) is 46.5 Å². The number of pyridine rings is 1. The fourth-order valence-electron chi connectivity index (χ4n) is 4.57. The van der Waals surface area contributed by atoms with Gasteiger partial charge in [-0.1, -0.05) is 30.3 Å². The highest BCUT2D eigenvalue weighted by Crippen LogP contribution is 2.38. The Hall–Kier alpha value is -4.31. The van der Waals surface area contributed by atoms with Crippen LogP contribution in [0.1, 0.15) is 35.4 Å². The van der Waals surface area contributed by atoms with Crippen LogP contribution >= 0.6 is 0 Å². The van der Waals surface area contributed by atoms with Crippen molar-refractivity contribution in [2.45, 2.75) is 25.5 Å². The third-order valence-corrected chi connectivity index (χ3v) is 6.38. The van der Waals surface area contributed by atoms with Crippen LogP contribution in [0.2, 0.25) is 0 Å². The Balaban J connectivity index is 1.75. The van der Waals surface area contributed by atoms with Crippen molar-refractivity contribution in [3.05, 3.63) is 71.9 Å². The number of nitrogen functional groups attached to an aromatic ring is 2. The molecule has 0 spiro atoms. The molecule has 0 saturated carbocycles. The second-order valence-electron chi connectivity index (χ2n) is 8.86. The number of aromatic nitrogens is 3. The maximum atomic E-state index is 14.4. The van der Waals surface area contributed by atoms with Crippen molar-refractivity contribution in [3.63, 3.8) is 0 Å². The Morgan fingerprint density at radius 3 is 2.69 bits per heavy atom. The van der Waals surface area contributed by atoms with Crippen molar-refractivity contribution < 1.29 is 14.3 Å². The number of benzene rings is 2. The molecule has 5 rings (SSSR count). The van der Waals surface area contributed by atoms with Gasteiger partial charge in [-0.3, -0.25) is 4.79 Å². The van der Waals surface area contributed by atoms with Crippen LogP contribution in [0, 0.1) is 5.82 Å². The molecule has 1 aliphatic heterocycles. The first-order chi connectivity index (χ1) is 17.3. The number of rotatable bonds is 5. The molecule has 0 aliphatic carbocycles. The number of β-amino-alcohol motifs (C(OH)–C–C–N with tert-alkyl or cyclic N) is 1. The molecule has 1 unspecified atom stereocenters. The van der Waals surface area contributed by atoms with Gasteiger partial charge in [0.25, 0.3) is 5.91 Å². The second kappa shape index (κ2) is 9.38. The van der Waals surface area contributed by atoms with E-state index in [2.05, 4.69) is 15.3 Å². The highest BCUT2D eigenvalue weighted by atomic mass is 19.1. The normalized spacial score (nSPS) is 16.3. The first kappa shape index (κ1) is 23.4.